The summed E-state index contributed by atoms with van der Waals surface area (Å²) in [5, 5.41) is 86.7. The Morgan fingerprint density at radius 3 is 2.32 bits per heavy atom. The number of esters is 2. The van der Waals surface area contributed by atoms with E-state index in [-0.39, 0.29) is 29.9 Å². The van der Waals surface area contributed by atoms with Crippen molar-refractivity contribution >= 4 is 11.9 Å². The minimum Gasteiger partial charge on any atom is -0.508 e. The number of hydrogen-bond acceptors (Lipinski definition) is 16. The van der Waals surface area contributed by atoms with Crippen LogP contribution in [-0.2, 0) is 50.4 Å². The van der Waals surface area contributed by atoms with Crippen LogP contribution in [0, 0.1) is 5.92 Å². The summed E-state index contributed by atoms with van der Waals surface area (Å²) in [5.74, 6) is -4.26. The van der Waals surface area contributed by atoms with E-state index in [0.717, 1.165) is 68.7 Å². The van der Waals surface area contributed by atoms with E-state index in [1.165, 1.54) is 24.3 Å². The topological polar surface area (TPSA) is 251 Å². The van der Waals surface area contributed by atoms with Crippen molar-refractivity contribution < 1.29 is 78.9 Å². The minimum atomic E-state index is -2.27. The fourth-order valence-corrected chi connectivity index (χ4v) is 7.32. The summed E-state index contributed by atoms with van der Waals surface area (Å²) in [6.45, 7) is 6.54. The summed E-state index contributed by atoms with van der Waals surface area (Å²) in [6, 6.07) is 2.27. The monoisotopic (exact) mass is 886 g/mol. The smallest absolute Gasteiger partial charge is 0.331 e. The van der Waals surface area contributed by atoms with Gasteiger partial charge in [0.2, 0.25) is 5.79 Å². The zero-order valence-corrected chi connectivity index (χ0v) is 36.5. The third kappa shape index (κ3) is 14.1. The van der Waals surface area contributed by atoms with Crippen molar-refractivity contribution in [2.75, 3.05) is 13.2 Å². The Hall–Kier alpha value is -4.20. The molecule has 2 saturated heterocycles. The first-order valence-corrected chi connectivity index (χ1v) is 21.7. The Morgan fingerprint density at radius 2 is 1.60 bits per heavy atom. The normalized spacial score (nSPS) is 30.0. The molecule has 3 aliphatic heterocycles. The molecule has 350 valence electrons. The van der Waals surface area contributed by atoms with Gasteiger partial charge in [-0.2, -0.15) is 0 Å². The number of aliphatic hydroxyl groups excluding tert-OH is 6. The molecule has 63 heavy (non-hydrogen) atoms. The van der Waals surface area contributed by atoms with Gasteiger partial charge in [-0.1, -0.05) is 94.7 Å². The van der Waals surface area contributed by atoms with Gasteiger partial charge < -0.3 is 69.3 Å². The molecule has 1 aromatic rings. The molecular weight excluding hydrogens is 821 g/mol. The second-order valence-corrected chi connectivity index (χ2v) is 16.1. The molecule has 0 radical (unpaired) electrons. The van der Waals surface area contributed by atoms with Gasteiger partial charge in [-0.25, -0.2) is 9.59 Å². The van der Waals surface area contributed by atoms with E-state index in [9.17, 15) is 50.4 Å². The first-order chi connectivity index (χ1) is 30.2. The number of benzene rings is 1. The number of unbranched alkanes of at least 4 members (excludes halogenated alkanes) is 3. The molecule has 16 nitrogen and oxygen atoms in total. The average Bonchev–Trinajstić information content (AvgIpc) is 3.63. The SMILES string of the molecule is CCCCC/C=C/C=C/C(=O)OC[C@H]1O[C@@H](O[C@@H]2[C@@H](OC(=O)/C=C/C=C/CC(O)/C(C)=C/C=C/CCC(C)CC)[C@H](O)C3(OCc4cc(O)cc(O)c43)O[C@H]2CO)[C@H](O)[C@@H](O)[C@H]1O. The van der Waals surface area contributed by atoms with Gasteiger partial charge in [0.05, 0.1) is 24.9 Å². The highest BCUT2D eigenvalue weighted by molar-refractivity contribution is 5.82. The lowest BCUT2D eigenvalue weighted by Gasteiger charge is -2.50. The number of carbonyl (C=O) groups is 2. The molecule has 3 unspecified atom stereocenters. The Kier molecular flexibility index (Phi) is 20.7. The molecule has 0 aromatic heterocycles. The molecule has 0 bridgehead atoms. The van der Waals surface area contributed by atoms with E-state index in [1.54, 1.807) is 12.2 Å². The van der Waals surface area contributed by atoms with Crippen molar-refractivity contribution in [2.45, 2.75) is 153 Å². The lowest BCUT2D eigenvalue weighted by molar-refractivity contribution is -0.395. The van der Waals surface area contributed by atoms with Crippen LogP contribution in [0.1, 0.15) is 90.2 Å². The largest absolute Gasteiger partial charge is 0.508 e. The van der Waals surface area contributed by atoms with E-state index in [4.69, 9.17) is 28.4 Å². The Bertz CT molecular complexity index is 1800. The number of hydrogen-bond donors (Lipinski definition) is 8. The first kappa shape index (κ1) is 51.4. The third-order valence-electron chi connectivity index (χ3n) is 11.3. The Labute approximate surface area is 369 Å². The van der Waals surface area contributed by atoms with Gasteiger partial charge in [-0.05, 0) is 62.1 Å². The molecule has 1 spiro atoms. The summed E-state index contributed by atoms with van der Waals surface area (Å²) in [4.78, 5) is 25.8. The fourth-order valence-electron chi connectivity index (χ4n) is 7.32. The lowest BCUT2D eigenvalue weighted by Crippen LogP contribution is -2.67. The zero-order valence-electron chi connectivity index (χ0n) is 36.5. The molecule has 16 heteroatoms. The highest BCUT2D eigenvalue weighted by atomic mass is 16.8. The van der Waals surface area contributed by atoms with Crippen LogP contribution in [0.4, 0.5) is 0 Å². The van der Waals surface area contributed by atoms with Crippen LogP contribution in [0.2, 0.25) is 0 Å². The summed E-state index contributed by atoms with van der Waals surface area (Å²) in [6.07, 6.45) is 8.36. The zero-order chi connectivity index (χ0) is 46.1. The van der Waals surface area contributed by atoms with E-state index in [0.29, 0.717) is 5.92 Å². The lowest BCUT2D eigenvalue weighted by atomic mass is 9.86. The van der Waals surface area contributed by atoms with E-state index < -0.39 is 97.9 Å². The maximum Gasteiger partial charge on any atom is 0.331 e. The quantitative estimate of drug-likeness (QED) is 0.0354. The van der Waals surface area contributed by atoms with E-state index in [2.05, 4.69) is 26.8 Å². The molecular formula is C47H66O16. The van der Waals surface area contributed by atoms with Gasteiger partial charge in [0, 0.05) is 18.2 Å². The molecule has 0 saturated carbocycles. The Balaban J connectivity index is 1.50. The van der Waals surface area contributed by atoms with Crippen LogP contribution in [-0.4, -0.2) is 127 Å². The Morgan fingerprint density at radius 1 is 0.889 bits per heavy atom. The molecule has 12 atom stereocenters. The summed E-state index contributed by atoms with van der Waals surface area (Å²) in [5.41, 5.74) is 0.867. The summed E-state index contributed by atoms with van der Waals surface area (Å²) >= 11 is 0. The molecule has 3 aliphatic rings. The predicted octanol–water partition coefficient (Wildman–Crippen LogP) is 4.07. The maximum absolute atomic E-state index is 13.4. The van der Waals surface area contributed by atoms with Gasteiger partial charge in [0.25, 0.3) is 0 Å². The maximum atomic E-state index is 13.4. The molecule has 3 heterocycles. The van der Waals surface area contributed by atoms with Gasteiger partial charge in [-0.15, -0.1) is 0 Å². The van der Waals surface area contributed by atoms with Crippen LogP contribution < -0.4 is 0 Å². The second kappa shape index (κ2) is 25.3. The van der Waals surface area contributed by atoms with Crippen molar-refractivity contribution in [3.8, 4) is 11.5 Å². The van der Waals surface area contributed by atoms with E-state index in [1.807, 2.05) is 25.2 Å². The third-order valence-corrected chi connectivity index (χ3v) is 11.3. The molecule has 8 N–H and O–H groups in total. The van der Waals surface area contributed by atoms with Crippen molar-refractivity contribution in [3.05, 3.63) is 95.7 Å². The number of phenolic OH excluding ortho intramolecular Hbond substituents is 2. The van der Waals surface area contributed by atoms with Crippen molar-refractivity contribution in [1.82, 2.24) is 0 Å². The number of rotatable bonds is 22. The average molecular weight is 887 g/mol. The highest BCUT2D eigenvalue weighted by Crippen LogP contribution is 2.51. The molecule has 1 aromatic carbocycles. The number of ether oxygens (including phenoxy) is 6. The standard InChI is InChI=1S/C47H66O16/c1-5-7-8-9-10-11-17-22-37(52)58-28-36-40(54)41(55)42(56)46(60-36)62-43-35(26-48)63-47(39-31(27-59-47)24-32(49)25-34(39)51)45(57)44(43)61-38(53)23-18-13-16-21-33(50)30(4)20-15-12-14-19-29(3)6-2/h10-13,15-18,20,22-25,29,33,35-36,40-46,48-51,54-57H,5-9,14,19,21,26-28H2,1-4H3/b11-10+,15-12+,16-13+,22-17+,23-18+,30-20+/t29?,33?,35-,36+,40-,41-,42+,43-,44+,45-,46-,47?/m0/s1. The van der Waals surface area contributed by atoms with Gasteiger partial charge in [0.1, 0.15) is 54.7 Å². The molecule has 0 aliphatic carbocycles. The molecule has 2 fully saturated rings. The number of aliphatic hydroxyl groups is 6. The van der Waals surface area contributed by atoms with Crippen LogP contribution >= 0.6 is 0 Å². The van der Waals surface area contributed by atoms with Gasteiger partial charge in [-0.3, -0.25) is 0 Å². The van der Waals surface area contributed by atoms with Crippen LogP contribution in [0.5, 0.6) is 11.5 Å². The number of aromatic hydroxyl groups is 2. The van der Waals surface area contributed by atoms with Gasteiger partial charge >= 0.3 is 11.9 Å². The number of carbonyl (C=O) groups excluding carboxylic acids is 2. The molecule has 0 amide bonds. The fraction of sp³-hybridized carbons (Fsp3) is 0.574. The van der Waals surface area contributed by atoms with Crippen LogP contribution in [0.15, 0.2) is 84.5 Å². The summed E-state index contributed by atoms with van der Waals surface area (Å²) in [7, 11) is 0. The second-order valence-electron chi connectivity index (χ2n) is 16.1. The van der Waals surface area contributed by atoms with Gasteiger partial charge in [0.15, 0.2) is 18.5 Å². The van der Waals surface area contributed by atoms with Crippen molar-refractivity contribution in [3.63, 3.8) is 0 Å². The van der Waals surface area contributed by atoms with Crippen LogP contribution in [0.25, 0.3) is 0 Å². The van der Waals surface area contributed by atoms with Crippen molar-refractivity contribution in [1.29, 1.82) is 0 Å². The van der Waals surface area contributed by atoms with Crippen LogP contribution in [0.3, 0.4) is 0 Å². The number of fused-ring (bicyclic) bond motifs is 2. The molecule has 4 rings (SSSR count). The number of phenols is 2. The minimum absolute atomic E-state index is 0.107. The summed E-state index contributed by atoms with van der Waals surface area (Å²) < 4.78 is 34.8. The predicted molar refractivity (Wildman–Crippen MR) is 230 cm³/mol. The van der Waals surface area contributed by atoms with Crippen molar-refractivity contribution in [2.24, 2.45) is 5.92 Å². The van der Waals surface area contributed by atoms with E-state index >= 15 is 0 Å². The number of allylic oxidation sites excluding steroid dienone is 8. The highest BCUT2D eigenvalue weighted by Gasteiger charge is 2.63. The first-order valence-electron chi connectivity index (χ1n) is 21.7.